The Morgan fingerprint density at radius 3 is 2.38 bits per heavy atom. The minimum atomic E-state index is -0.897. The highest BCUT2D eigenvalue weighted by molar-refractivity contribution is 9.10. The molecule has 0 spiro atoms. The van der Waals surface area contributed by atoms with Gasteiger partial charge in [-0.25, -0.2) is 4.79 Å². The van der Waals surface area contributed by atoms with Crippen LogP contribution in [0.1, 0.15) is 34.8 Å². The summed E-state index contributed by atoms with van der Waals surface area (Å²) in [4.78, 5) is 27.0. The highest BCUT2D eigenvalue weighted by Crippen LogP contribution is 2.26. The van der Waals surface area contributed by atoms with Crippen LogP contribution in [-0.2, 0) is 20.7 Å². The van der Waals surface area contributed by atoms with Gasteiger partial charge in [0.15, 0.2) is 11.8 Å². The van der Waals surface area contributed by atoms with Crippen molar-refractivity contribution in [3.05, 3.63) is 58.0 Å². The molecule has 0 aliphatic rings. The molecule has 2 rings (SSSR count). The minimum Gasteiger partial charge on any atom is -0.467 e. The van der Waals surface area contributed by atoms with E-state index in [0.29, 0.717) is 17.7 Å². The summed E-state index contributed by atoms with van der Waals surface area (Å²) in [5, 5.41) is 0. The number of amides is 1. The van der Waals surface area contributed by atoms with E-state index in [-0.39, 0.29) is 24.8 Å². The van der Waals surface area contributed by atoms with E-state index in [1.807, 2.05) is 19.1 Å². The smallest absolute Gasteiger partial charge is 0.333 e. The molecule has 140 valence electrons. The normalized spacial score (nSPS) is 11.8. The Morgan fingerprint density at radius 1 is 1.15 bits per heavy atom. The van der Waals surface area contributed by atoms with E-state index in [4.69, 9.17) is 13.9 Å². The molecule has 0 fully saturated rings. The molecule has 1 aromatic carbocycles. The fourth-order valence-electron chi connectivity index (χ4n) is 2.56. The summed E-state index contributed by atoms with van der Waals surface area (Å²) < 4.78 is 16.5. The van der Waals surface area contributed by atoms with Gasteiger partial charge in [0.2, 0.25) is 0 Å². The summed E-state index contributed by atoms with van der Waals surface area (Å²) in [6.45, 7) is 2.43. The molecule has 0 unspecified atom stereocenters. The van der Waals surface area contributed by atoms with Gasteiger partial charge < -0.3 is 18.8 Å². The number of benzene rings is 1. The van der Waals surface area contributed by atoms with Crippen molar-refractivity contribution in [3.8, 4) is 0 Å². The average molecular weight is 424 g/mol. The second-order valence-corrected chi connectivity index (χ2v) is 6.50. The van der Waals surface area contributed by atoms with E-state index in [0.717, 1.165) is 4.47 Å². The highest BCUT2D eigenvalue weighted by atomic mass is 79.9. The molecule has 0 aliphatic heterocycles. The maximum Gasteiger partial charge on any atom is 0.333 e. The van der Waals surface area contributed by atoms with Crippen LogP contribution in [0.15, 0.2) is 45.3 Å². The van der Waals surface area contributed by atoms with Gasteiger partial charge in [-0.1, -0.05) is 35.0 Å². The third-order valence-electron chi connectivity index (χ3n) is 3.94. The fourth-order valence-corrected chi connectivity index (χ4v) is 2.83. The summed E-state index contributed by atoms with van der Waals surface area (Å²) in [5.41, 5.74) is 0.645. The van der Waals surface area contributed by atoms with Crippen LogP contribution in [0, 0.1) is 0 Å². The Labute approximate surface area is 161 Å². The van der Waals surface area contributed by atoms with Crippen molar-refractivity contribution in [3.63, 3.8) is 0 Å². The van der Waals surface area contributed by atoms with Gasteiger partial charge in [-0.2, -0.15) is 0 Å². The van der Waals surface area contributed by atoms with Crippen LogP contribution in [0.4, 0.5) is 0 Å². The lowest BCUT2D eigenvalue weighted by molar-refractivity contribution is -0.146. The number of ether oxygens (including phenoxy) is 2. The van der Waals surface area contributed by atoms with Crippen LogP contribution < -0.4 is 0 Å². The number of hydrogen-bond acceptors (Lipinski definition) is 5. The molecular weight excluding hydrogens is 402 g/mol. The molecule has 6 nitrogen and oxygen atoms in total. The number of rotatable bonds is 8. The summed E-state index contributed by atoms with van der Waals surface area (Å²) in [6, 6.07) is 9.66. The number of halogens is 1. The first-order chi connectivity index (χ1) is 12.5. The third kappa shape index (κ3) is 4.74. The SMILES string of the molecule is CCc1ccc(C(=O)N(CCOC)[C@@H](C(=O)OC)c2ccc(Br)cc2)o1. The van der Waals surface area contributed by atoms with Crippen LogP contribution in [0.3, 0.4) is 0 Å². The quantitative estimate of drug-likeness (QED) is 0.606. The second kappa shape index (κ2) is 9.54. The Bertz CT molecular complexity index is 741. The molecule has 0 saturated carbocycles. The standard InChI is InChI=1S/C19H22BrNO5/c1-4-15-9-10-16(26-15)18(22)21(11-12-24-2)17(19(23)25-3)13-5-7-14(20)8-6-13/h5-10,17H,4,11-12H2,1-3H3/t17-/m1/s1. The molecule has 1 atom stereocenters. The number of aryl methyl sites for hydroxylation is 1. The van der Waals surface area contributed by atoms with Crippen LogP contribution in [0.5, 0.6) is 0 Å². The largest absolute Gasteiger partial charge is 0.467 e. The lowest BCUT2D eigenvalue weighted by atomic mass is 10.0. The van der Waals surface area contributed by atoms with Gasteiger partial charge in [-0.15, -0.1) is 0 Å². The molecule has 0 radical (unpaired) electrons. The topological polar surface area (TPSA) is 69.0 Å². The van der Waals surface area contributed by atoms with E-state index in [9.17, 15) is 9.59 Å². The first-order valence-corrected chi connectivity index (χ1v) is 9.03. The Kier molecular flexibility index (Phi) is 7.41. The third-order valence-corrected chi connectivity index (χ3v) is 4.47. The van der Waals surface area contributed by atoms with E-state index in [1.165, 1.54) is 19.1 Å². The fraction of sp³-hybridized carbons (Fsp3) is 0.368. The molecule has 1 amide bonds. The maximum atomic E-state index is 13.0. The summed E-state index contributed by atoms with van der Waals surface area (Å²) in [7, 11) is 2.84. The molecule has 1 heterocycles. The molecule has 26 heavy (non-hydrogen) atoms. The first kappa shape index (κ1) is 20.2. The van der Waals surface area contributed by atoms with Crippen LogP contribution >= 0.6 is 15.9 Å². The van der Waals surface area contributed by atoms with Crippen LogP contribution in [0.2, 0.25) is 0 Å². The first-order valence-electron chi connectivity index (χ1n) is 8.23. The van der Waals surface area contributed by atoms with Gasteiger partial charge in [0, 0.05) is 24.5 Å². The number of esters is 1. The Balaban J connectivity index is 2.42. The molecule has 0 N–H and O–H groups in total. The zero-order valence-electron chi connectivity index (χ0n) is 15.0. The lowest BCUT2D eigenvalue weighted by Crippen LogP contribution is -2.41. The number of carbonyl (C=O) groups excluding carboxylic acids is 2. The van der Waals surface area contributed by atoms with Gasteiger partial charge in [0.1, 0.15) is 5.76 Å². The molecule has 0 aliphatic carbocycles. The average Bonchev–Trinajstić information content (AvgIpc) is 3.14. The molecule has 1 aromatic heterocycles. The molecular formula is C19H22BrNO5. The number of furan rings is 1. The van der Waals surface area contributed by atoms with Gasteiger partial charge in [0.25, 0.3) is 5.91 Å². The Morgan fingerprint density at radius 2 is 1.85 bits per heavy atom. The van der Waals surface area contributed by atoms with Gasteiger partial charge in [-0.3, -0.25) is 4.79 Å². The summed E-state index contributed by atoms with van der Waals surface area (Å²) in [6.07, 6.45) is 0.679. The highest BCUT2D eigenvalue weighted by Gasteiger charge is 2.34. The minimum absolute atomic E-state index is 0.184. The number of carbonyl (C=O) groups is 2. The zero-order chi connectivity index (χ0) is 19.1. The summed E-state index contributed by atoms with van der Waals surface area (Å²) in [5.74, 6) is -0.0265. The van der Waals surface area contributed by atoms with Gasteiger partial charge >= 0.3 is 5.97 Å². The van der Waals surface area contributed by atoms with Crippen molar-refractivity contribution < 1.29 is 23.5 Å². The van der Waals surface area contributed by atoms with Crippen molar-refractivity contribution in [2.75, 3.05) is 27.4 Å². The second-order valence-electron chi connectivity index (χ2n) is 5.59. The van der Waals surface area contributed by atoms with Gasteiger partial charge in [0.05, 0.1) is 13.7 Å². The van der Waals surface area contributed by atoms with Crippen LogP contribution in [-0.4, -0.2) is 44.1 Å². The molecule has 7 heteroatoms. The van der Waals surface area contributed by atoms with E-state index >= 15 is 0 Å². The summed E-state index contributed by atoms with van der Waals surface area (Å²) >= 11 is 3.37. The Hall–Kier alpha value is -2.12. The van der Waals surface area contributed by atoms with Crippen molar-refractivity contribution in [2.45, 2.75) is 19.4 Å². The molecule has 0 saturated heterocycles. The van der Waals surface area contributed by atoms with Crippen molar-refractivity contribution >= 4 is 27.8 Å². The van der Waals surface area contributed by atoms with E-state index < -0.39 is 12.0 Å². The monoisotopic (exact) mass is 423 g/mol. The van der Waals surface area contributed by atoms with Crippen LogP contribution in [0.25, 0.3) is 0 Å². The van der Waals surface area contributed by atoms with Crippen molar-refractivity contribution in [1.29, 1.82) is 0 Å². The predicted octanol–water partition coefficient (Wildman–Crippen LogP) is 3.61. The zero-order valence-corrected chi connectivity index (χ0v) is 16.6. The van der Waals surface area contributed by atoms with E-state index in [2.05, 4.69) is 15.9 Å². The predicted molar refractivity (Wildman–Crippen MR) is 99.9 cm³/mol. The van der Waals surface area contributed by atoms with E-state index in [1.54, 1.807) is 24.3 Å². The maximum absolute atomic E-state index is 13.0. The van der Waals surface area contributed by atoms with Crippen molar-refractivity contribution in [2.24, 2.45) is 0 Å². The number of methoxy groups -OCH3 is 2. The lowest BCUT2D eigenvalue weighted by Gasteiger charge is -2.29. The number of nitrogens with zero attached hydrogens (tertiary/aromatic N) is 1. The molecule has 0 bridgehead atoms. The van der Waals surface area contributed by atoms with Gasteiger partial charge in [-0.05, 0) is 29.8 Å². The van der Waals surface area contributed by atoms with Crippen molar-refractivity contribution in [1.82, 2.24) is 4.90 Å². The molecule has 2 aromatic rings. The number of hydrogen-bond donors (Lipinski definition) is 0.